The number of amidine groups is 1. The van der Waals surface area contributed by atoms with Crippen molar-refractivity contribution in [2.45, 2.75) is 52.9 Å². The van der Waals surface area contributed by atoms with Crippen LogP contribution in [0.3, 0.4) is 0 Å². The predicted molar refractivity (Wildman–Crippen MR) is 87.0 cm³/mol. The van der Waals surface area contributed by atoms with Crippen LogP contribution >= 0.6 is 0 Å². The maximum absolute atomic E-state index is 7.99. The molecular weight excluding hydrogens is 262 g/mol. The molecule has 5 heteroatoms. The zero-order valence-corrected chi connectivity index (χ0v) is 13.4. The van der Waals surface area contributed by atoms with Gasteiger partial charge in [-0.25, -0.2) is 0 Å². The Kier molecular flexibility index (Phi) is 5.15. The van der Waals surface area contributed by atoms with Crippen LogP contribution in [0.15, 0.2) is 0 Å². The molecule has 0 aliphatic carbocycles. The van der Waals surface area contributed by atoms with Gasteiger partial charge < -0.3 is 10.6 Å². The van der Waals surface area contributed by atoms with Crippen molar-refractivity contribution in [1.82, 2.24) is 10.2 Å². The average molecular weight is 289 g/mol. The van der Waals surface area contributed by atoms with E-state index in [1.807, 2.05) is 0 Å². The van der Waals surface area contributed by atoms with Gasteiger partial charge in [-0.1, -0.05) is 27.2 Å². The molecule has 5 nitrogen and oxygen atoms in total. The molecular formula is C16H27N5. The van der Waals surface area contributed by atoms with Crippen LogP contribution in [-0.2, 0) is 12.8 Å². The third-order valence-corrected chi connectivity index (χ3v) is 4.49. The number of piperidine rings is 1. The van der Waals surface area contributed by atoms with E-state index in [1.54, 1.807) is 0 Å². The molecule has 1 aromatic rings. The molecule has 2 heterocycles. The van der Waals surface area contributed by atoms with Crippen LogP contribution in [0.4, 0.5) is 5.82 Å². The van der Waals surface area contributed by atoms with Gasteiger partial charge in [0.25, 0.3) is 0 Å². The minimum atomic E-state index is 0.116. The molecule has 0 bridgehead atoms. The fraction of sp³-hybridized carbons (Fsp3) is 0.688. The number of nitrogens with one attached hydrogen (secondary N) is 1. The van der Waals surface area contributed by atoms with E-state index in [0.29, 0.717) is 5.92 Å². The number of aryl methyl sites for hydroxylation is 1. The van der Waals surface area contributed by atoms with Crippen molar-refractivity contribution in [2.24, 2.45) is 11.7 Å². The lowest BCUT2D eigenvalue weighted by molar-refractivity contribution is 0.402. The Balaban J connectivity index is 2.45. The first-order valence-electron chi connectivity index (χ1n) is 8.10. The van der Waals surface area contributed by atoms with E-state index in [-0.39, 0.29) is 5.84 Å². The van der Waals surface area contributed by atoms with Gasteiger partial charge in [0.2, 0.25) is 0 Å². The van der Waals surface area contributed by atoms with E-state index in [9.17, 15) is 0 Å². The van der Waals surface area contributed by atoms with E-state index < -0.39 is 0 Å². The topological polar surface area (TPSA) is 78.9 Å². The lowest BCUT2D eigenvalue weighted by Gasteiger charge is -2.34. The lowest BCUT2D eigenvalue weighted by atomic mass is 9.94. The summed E-state index contributed by atoms with van der Waals surface area (Å²) in [5, 5.41) is 16.8. The SMILES string of the molecule is CCc1nnc(N2CCCC(CC)C2)c(C(=N)N)c1CC. The van der Waals surface area contributed by atoms with Gasteiger partial charge in [-0.3, -0.25) is 5.41 Å². The second-order valence-corrected chi connectivity index (χ2v) is 5.81. The molecule has 0 saturated carbocycles. The molecule has 1 aliphatic heterocycles. The number of nitrogens with two attached hydrogens (primary N) is 1. The molecule has 21 heavy (non-hydrogen) atoms. The molecule has 1 saturated heterocycles. The number of nitrogens with zero attached hydrogens (tertiary/aromatic N) is 3. The van der Waals surface area contributed by atoms with Gasteiger partial charge in [0.15, 0.2) is 5.82 Å². The summed E-state index contributed by atoms with van der Waals surface area (Å²) in [5.74, 6) is 1.64. The lowest BCUT2D eigenvalue weighted by Crippen LogP contribution is -2.38. The Bertz CT molecular complexity index is 512. The molecule has 1 aromatic heterocycles. The molecule has 1 atom stereocenters. The van der Waals surface area contributed by atoms with E-state index in [2.05, 4.69) is 35.9 Å². The van der Waals surface area contributed by atoms with Crippen molar-refractivity contribution in [3.05, 3.63) is 16.8 Å². The molecule has 1 aliphatic rings. The normalized spacial score (nSPS) is 18.8. The largest absolute Gasteiger partial charge is 0.384 e. The summed E-state index contributed by atoms with van der Waals surface area (Å²) in [5.41, 5.74) is 8.74. The van der Waals surface area contributed by atoms with Crippen LogP contribution in [-0.4, -0.2) is 29.1 Å². The van der Waals surface area contributed by atoms with Crippen LogP contribution in [0.1, 0.15) is 56.9 Å². The Hall–Kier alpha value is -1.65. The number of aromatic nitrogens is 2. The standard InChI is InChI=1S/C16H27N5/c1-4-11-8-7-9-21(10-11)16-14(15(17)18)12(5-2)13(6-3)19-20-16/h11H,4-10H2,1-3H3,(H3,17,18). The Morgan fingerprint density at radius 3 is 2.62 bits per heavy atom. The van der Waals surface area contributed by atoms with Gasteiger partial charge in [-0.15, -0.1) is 5.10 Å². The van der Waals surface area contributed by atoms with E-state index in [4.69, 9.17) is 11.1 Å². The summed E-state index contributed by atoms with van der Waals surface area (Å²) in [6, 6.07) is 0. The average Bonchev–Trinajstić information content (AvgIpc) is 2.53. The third-order valence-electron chi connectivity index (χ3n) is 4.49. The summed E-state index contributed by atoms with van der Waals surface area (Å²) < 4.78 is 0. The highest BCUT2D eigenvalue weighted by molar-refractivity contribution is 6.01. The predicted octanol–water partition coefficient (Wildman–Crippen LogP) is 2.51. The molecule has 0 aromatic carbocycles. The van der Waals surface area contributed by atoms with Crippen LogP contribution < -0.4 is 10.6 Å². The number of hydrogen-bond acceptors (Lipinski definition) is 4. The molecule has 1 unspecified atom stereocenters. The molecule has 0 spiro atoms. The number of rotatable bonds is 5. The fourth-order valence-electron chi connectivity index (χ4n) is 3.26. The smallest absolute Gasteiger partial charge is 0.162 e. The summed E-state index contributed by atoms with van der Waals surface area (Å²) in [7, 11) is 0. The summed E-state index contributed by atoms with van der Waals surface area (Å²) in [6.45, 7) is 8.39. The second-order valence-electron chi connectivity index (χ2n) is 5.81. The second kappa shape index (κ2) is 6.87. The Morgan fingerprint density at radius 1 is 1.29 bits per heavy atom. The van der Waals surface area contributed by atoms with Crippen LogP contribution in [0.2, 0.25) is 0 Å². The van der Waals surface area contributed by atoms with Gasteiger partial charge in [0.1, 0.15) is 5.84 Å². The highest BCUT2D eigenvalue weighted by atomic mass is 15.3. The van der Waals surface area contributed by atoms with Crippen molar-refractivity contribution < 1.29 is 0 Å². The highest BCUT2D eigenvalue weighted by Crippen LogP contribution is 2.28. The van der Waals surface area contributed by atoms with Crippen molar-refractivity contribution in [2.75, 3.05) is 18.0 Å². The first-order chi connectivity index (χ1) is 10.1. The van der Waals surface area contributed by atoms with E-state index in [0.717, 1.165) is 48.6 Å². The van der Waals surface area contributed by atoms with Gasteiger partial charge in [0.05, 0.1) is 11.3 Å². The summed E-state index contributed by atoms with van der Waals surface area (Å²) in [6.07, 6.45) is 5.31. The van der Waals surface area contributed by atoms with Crippen molar-refractivity contribution in [3.63, 3.8) is 0 Å². The van der Waals surface area contributed by atoms with Crippen LogP contribution in [0, 0.1) is 11.3 Å². The van der Waals surface area contributed by atoms with Gasteiger partial charge in [0, 0.05) is 13.1 Å². The van der Waals surface area contributed by atoms with Crippen LogP contribution in [0.5, 0.6) is 0 Å². The van der Waals surface area contributed by atoms with Crippen molar-refractivity contribution in [1.29, 1.82) is 5.41 Å². The summed E-state index contributed by atoms with van der Waals surface area (Å²) in [4.78, 5) is 2.28. The van der Waals surface area contributed by atoms with Gasteiger partial charge >= 0.3 is 0 Å². The molecule has 1 fully saturated rings. The van der Waals surface area contributed by atoms with E-state index in [1.165, 1.54) is 19.3 Å². The molecule has 116 valence electrons. The minimum Gasteiger partial charge on any atom is -0.384 e. The highest BCUT2D eigenvalue weighted by Gasteiger charge is 2.25. The fourth-order valence-corrected chi connectivity index (χ4v) is 3.26. The molecule has 0 radical (unpaired) electrons. The Labute approximate surface area is 127 Å². The number of hydrogen-bond donors (Lipinski definition) is 2. The molecule has 0 amide bonds. The van der Waals surface area contributed by atoms with Gasteiger partial charge in [-0.2, -0.15) is 5.10 Å². The maximum Gasteiger partial charge on any atom is 0.162 e. The third kappa shape index (κ3) is 3.17. The van der Waals surface area contributed by atoms with E-state index >= 15 is 0 Å². The monoisotopic (exact) mass is 289 g/mol. The number of anilines is 1. The zero-order valence-electron chi connectivity index (χ0n) is 13.4. The van der Waals surface area contributed by atoms with Crippen molar-refractivity contribution >= 4 is 11.7 Å². The molecule has 2 rings (SSSR count). The van der Waals surface area contributed by atoms with Crippen molar-refractivity contribution in [3.8, 4) is 0 Å². The zero-order chi connectivity index (χ0) is 15.4. The number of nitrogen functional groups attached to an aromatic ring is 1. The quantitative estimate of drug-likeness (QED) is 0.645. The first-order valence-corrected chi connectivity index (χ1v) is 8.10. The molecule has 3 N–H and O–H groups in total. The minimum absolute atomic E-state index is 0.116. The first kappa shape index (κ1) is 15.7. The Morgan fingerprint density at radius 2 is 2.05 bits per heavy atom. The van der Waals surface area contributed by atoms with Crippen LogP contribution in [0.25, 0.3) is 0 Å². The maximum atomic E-state index is 7.99. The summed E-state index contributed by atoms with van der Waals surface area (Å²) >= 11 is 0. The van der Waals surface area contributed by atoms with Gasteiger partial charge in [-0.05, 0) is 37.2 Å².